The van der Waals surface area contributed by atoms with Gasteiger partial charge in [-0.2, -0.15) is 13.5 Å². The fourth-order valence-corrected chi connectivity index (χ4v) is 5.18. The summed E-state index contributed by atoms with van der Waals surface area (Å²) < 4.78 is 54.6. The number of sulfonamides is 1. The van der Waals surface area contributed by atoms with Gasteiger partial charge in [-0.1, -0.05) is 20.3 Å². The molecule has 1 aliphatic carbocycles. The third-order valence-electron chi connectivity index (χ3n) is 5.73. The van der Waals surface area contributed by atoms with Crippen molar-refractivity contribution in [2.45, 2.75) is 56.9 Å². The number of hydrogen-bond donors (Lipinski definition) is 3. The summed E-state index contributed by atoms with van der Waals surface area (Å²) in [5, 5.41) is 18.2. The van der Waals surface area contributed by atoms with Gasteiger partial charge in [0, 0.05) is 29.4 Å². The van der Waals surface area contributed by atoms with Gasteiger partial charge in [0.1, 0.15) is 16.2 Å². The molecular weight excluding hydrogens is 470 g/mol. The summed E-state index contributed by atoms with van der Waals surface area (Å²) >= 11 is -2.63. The summed E-state index contributed by atoms with van der Waals surface area (Å²) in [5.41, 5.74) is -0.364. The first-order chi connectivity index (χ1) is 15.6. The summed E-state index contributed by atoms with van der Waals surface area (Å²) in [4.78, 5) is 13.0. The Kier molecular flexibility index (Phi) is 6.29. The molecule has 1 saturated carbocycles. The average Bonchev–Trinajstić information content (AvgIpc) is 2.67. The summed E-state index contributed by atoms with van der Waals surface area (Å²) in [7, 11) is -4.29. The van der Waals surface area contributed by atoms with E-state index in [1.807, 2.05) is 13.8 Å². The standard InChI is InChI=1S/C20H25N5O6S2/c1-11(2)8-9-25-20(27)16(18(26)17(22-25)12-4-3-5-12)19-21-14-7-6-13(23-32(28)29)10-15(14)33(30,31)24-19/h6-7,10-12,23,26H,3-5,8-9H2,1-2H3,(H,21,24)(H,28,29)/p-1. The summed E-state index contributed by atoms with van der Waals surface area (Å²) in [6, 6.07) is 3.85. The van der Waals surface area contributed by atoms with Gasteiger partial charge in [-0.3, -0.25) is 9.00 Å². The molecule has 0 amide bonds. The Bertz CT molecular complexity index is 1310. The lowest BCUT2D eigenvalue weighted by atomic mass is 9.82. The third-order valence-corrected chi connectivity index (χ3v) is 7.45. The zero-order valence-electron chi connectivity index (χ0n) is 18.1. The number of nitrogens with zero attached hydrogens (tertiary/aromatic N) is 3. The Morgan fingerprint density at radius 2 is 2.09 bits per heavy atom. The summed E-state index contributed by atoms with van der Waals surface area (Å²) in [5.74, 6) is -0.356. The molecular formula is C20H24N5O6S2-. The topological polar surface area (TPSA) is 166 Å². The Morgan fingerprint density at radius 3 is 2.70 bits per heavy atom. The largest absolute Gasteiger partial charge is 0.755 e. The van der Waals surface area contributed by atoms with E-state index in [9.17, 15) is 27.1 Å². The van der Waals surface area contributed by atoms with Crippen LogP contribution < -0.4 is 15.6 Å². The molecule has 1 atom stereocenters. The number of rotatable bonds is 7. The van der Waals surface area contributed by atoms with Gasteiger partial charge in [0.05, 0.1) is 5.69 Å². The fraction of sp³-hybridized carbons (Fsp3) is 0.450. The van der Waals surface area contributed by atoms with Crippen molar-refractivity contribution < 1.29 is 22.3 Å². The lowest BCUT2D eigenvalue weighted by Gasteiger charge is -2.27. The van der Waals surface area contributed by atoms with Gasteiger partial charge in [0.15, 0.2) is 11.6 Å². The van der Waals surface area contributed by atoms with Crippen molar-refractivity contribution in [1.82, 2.24) is 9.78 Å². The van der Waals surface area contributed by atoms with Crippen LogP contribution in [0, 0.1) is 5.92 Å². The minimum absolute atomic E-state index is 0.00988. The second-order valence-electron chi connectivity index (χ2n) is 8.54. The van der Waals surface area contributed by atoms with Crippen molar-refractivity contribution in [3.8, 4) is 5.75 Å². The second-order valence-corrected chi connectivity index (χ2v) is 10.8. The number of nitrogens with one attached hydrogen (secondary N) is 2. The van der Waals surface area contributed by atoms with Crippen LogP contribution in [0.25, 0.3) is 0 Å². The molecule has 0 saturated heterocycles. The highest BCUT2D eigenvalue weighted by atomic mass is 32.2. The summed E-state index contributed by atoms with van der Waals surface area (Å²) in [6.07, 6.45) is 3.30. The number of anilines is 2. The van der Waals surface area contributed by atoms with E-state index in [1.54, 1.807) is 0 Å². The number of benzene rings is 1. The molecule has 3 N–H and O–H groups in total. The average molecular weight is 495 g/mol. The molecule has 4 rings (SSSR count). The van der Waals surface area contributed by atoms with Crippen LogP contribution in [0.5, 0.6) is 5.75 Å². The zero-order valence-corrected chi connectivity index (χ0v) is 19.7. The van der Waals surface area contributed by atoms with Crippen LogP contribution in [-0.2, 0) is 27.8 Å². The van der Waals surface area contributed by atoms with Crippen molar-refractivity contribution in [2.24, 2.45) is 10.3 Å². The maximum atomic E-state index is 13.2. The van der Waals surface area contributed by atoms with Gasteiger partial charge in [-0.05, 0) is 43.4 Å². The van der Waals surface area contributed by atoms with Crippen molar-refractivity contribution in [3.05, 3.63) is 39.8 Å². The quantitative estimate of drug-likeness (QED) is 0.492. The molecule has 1 aliphatic heterocycles. The highest BCUT2D eigenvalue weighted by Crippen LogP contribution is 2.40. The first kappa shape index (κ1) is 23.4. The van der Waals surface area contributed by atoms with E-state index < -0.39 is 26.8 Å². The van der Waals surface area contributed by atoms with Crippen molar-refractivity contribution in [1.29, 1.82) is 0 Å². The molecule has 2 heterocycles. The Balaban J connectivity index is 1.82. The molecule has 33 heavy (non-hydrogen) atoms. The van der Waals surface area contributed by atoms with Crippen LogP contribution in [0.4, 0.5) is 11.4 Å². The molecule has 1 aromatic heterocycles. The molecule has 11 nitrogen and oxygen atoms in total. The van der Waals surface area contributed by atoms with Gasteiger partial charge in [-0.25, -0.2) is 4.68 Å². The molecule has 13 heteroatoms. The van der Waals surface area contributed by atoms with Crippen LogP contribution in [0.3, 0.4) is 0 Å². The molecule has 178 valence electrons. The minimum atomic E-state index is -4.29. The monoisotopic (exact) mass is 494 g/mol. The SMILES string of the molecule is CC(C)CCn1nc(C2CCC2)c(O)c(C2=NS(=O)(=O)c3cc(NS(=O)[O-])ccc3N2)c1=O. The van der Waals surface area contributed by atoms with Gasteiger partial charge in [0.25, 0.3) is 15.6 Å². The molecule has 1 unspecified atom stereocenters. The molecule has 1 fully saturated rings. The van der Waals surface area contributed by atoms with E-state index in [0.29, 0.717) is 24.6 Å². The predicted molar refractivity (Wildman–Crippen MR) is 123 cm³/mol. The van der Waals surface area contributed by atoms with E-state index in [-0.39, 0.29) is 39.3 Å². The molecule has 0 spiro atoms. The molecule has 2 aromatic rings. The number of fused-ring (bicyclic) bond motifs is 1. The number of hydrogen-bond acceptors (Lipinski definition) is 8. The van der Waals surface area contributed by atoms with Gasteiger partial charge < -0.3 is 19.7 Å². The van der Waals surface area contributed by atoms with E-state index in [2.05, 4.69) is 19.5 Å². The van der Waals surface area contributed by atoms with Crippen molar-refractivity contribution in [3.63, 3.8) is 0 Å². The highest BCUT2D eigenvalue weighted by Gasteiger charge is 2.33. The van der Waals surface area contributed by atoms with Crippen molar-refractivity contribution >= 4 is 38.5 Å². The maximum Gasteiger partial charge on any atom is 0.286 e. The number of aromatic hydroxyl groups is 1. The normalized spacial score (nSPS) is 18.1. The lowest BCUT2D eigenvalue weighted by Crippen LogP contribution is -2.35. The first-order valence-corrected chi connectivity index (χ1v) is 13.0. The Morgan fingerprint density at radius 1 is 1.36 bits per heavy atom. The van der Waals surface area contributed by atoms with Gasteiger partial charge >= 0.3 is 0 Å². The summed E-state index contributed by atoms with van der Waals surface area (Å²) in [6.45, 7) is 4.35. The van der Waals surface area contributed by atoms with Gasteiger partial charge in [0.2, 0.25) is 0 Å². The van der Waals surface area contributed by atoms with E-state index >= 15 is 0 Å². The fourth-order valence-electron chi connectivity index (χ4n) is 3.71. The Hall–Kier alpha value is -2.77. The third kappa shape index (κ3) is 4.66. The molecule has 1 aromatic carbocycles. The molecule has 0 bridgehead atoms. The van der Waals surface area contributed by atoms with Crippen LogP contribution in [0.1, 0.15) is 56.7 Å². The highest BCUT2D eigenvalue weighted by molar-refractivity contribution is 7.90. The molecule has 0 radical (unpaired) electrons. The maximum absolute atomic E-state index is 13.2. The van der Waals surface area contributed by atoms with Crippen LogP contribution in [0.15, 0.2) is 32.3 Å². The molecule has 2 aliphatic rings. The number of aryl methyl sites for hydroxylation is 1. The number of aromatic nitrogens is 2. The number of amidine groups is 1. The van der Waals surface area contributed by atoms with E-state index in [4.69, 9.17) is 0 Å². The Labute approximate surface area is 193 Å². The van der Waals surface area contributed by atoms with Gasteiger partial charge in [-0.15, -0.1) is 4.40 Å². The van der Waals surface area contributed by atoms with Crippen LogP contribution >= 0.6 is 0 Å². The lowest BCUT2D eigenvalue weighted by molar-refractivity contribution is 0.362. The zero-order chi connectivity index (χ0) is 23.9. The van der Waals surface area contributed by atoms with E-state index in [0.717, 1.165) is 25.3 Å². The van der Waals surface area contributed by atoms with Crippen molar-refractivity contribution in [2.75, 3.05) is 10.0 Å². The van der Waals surface area contributed by atoms with E-state index in [1.165, 1.54) is 16.8 Å². The minimum Gasteiger partial charge on any atom is -0.755 e. The van der Waals surface area contributed by atoms with Crippen LogP contribution in [-0.4, -0.2) is 37.9 Å². The first-order valence-electron chi connectivity index (χ1n) is 10.5. The second kappa shape index (κ2) is 8.88. The van der Waals surface area contributed by atoms with Crippen LogP contribution in [0.2, 0.25) is 0 Å². The predicted octanol–water partition coefficient (Wildman–Crippen LogP) is 2.03. The smallest absolute Gasteiger partial charge is 0.286 e.